The lowest BCUT2D eigenvalue weighted by atomic mass is 10.1. The van der Waals surface area contributed by atoms with Gasteiger partial charge in [-0.15, -0.1) is 0 Å². The topological polar surface area (TPSA) is 51.2 Å². The molecule has 0 atom stereocenters. The lowest BCUT2D eigenvalue weighted by molar-refractivity contribution is -0.132. The van der Waals surface area contributed by atoms with Crippen molar-refractivity contribution in [2.45, 2.75) is 25.8 Å². The average molecular weight is 443 g/mol. The van der Waals surface area contributed by atoms with Crippen LogP contribution in [0.1, 0.15) is 23.1 Å². The molecule has 3 aliphatic heterocycles. The van der Waals surface area contributed by atoms with Crippen molar-refractivity contribution in [3.8, 4) is 17.2 Å². The minimum absolute atomic E-state index is 0.125. The second-order valence-electron chi connectivity index (χ2n) is 8.33. The summed E-state index contributed by atoms with van der Waals surface area (Å²) in [6.07, 6.45) is 2.14. The molecule has 0 radical (unpaired) electrons. The van der Waals surface area contributed by atoms with E-state index in [1.54, 1.807) is 0 Å². The fourth-order valence-electron chi connectivity index (χ4n) is 4.42. The third-order valence-electron chi connectivity index (χ3n) is 6.10. The summed E-state index contributed by atoms with van der Waals surface area (Å²) in [6, 6.07) is 10.2. The zero-order valence-electron chi connectivity index (χ0n) is 17.6. The maximum absolute atomic E-state index is 12.9. The van der Waals surface area contributed by atoms with Gasteiger partial charge in [0.1, 0.15) is 5.75 Å². The predicted molar refractivity (Wildman–Crippen MR) is 118 cm³/mol. The maximum atomic E-state index is 12.9. The molecule has 0 aliphatic carbocycles. The van der Waals surface area contributed by atoms with E-state index in [1.807, 2.05) is 17.0 Å². The van der Waals surface area contributed by atoms with Crippen molar-refractivity contribution in [3.63, 3.8) is 0 Å². The van der Waals surface area contributed by atoms with Gasteiger partial charge >= 0.3 is 0 Å². The van der Waals surface area contributed by atoms with Crippen LogP contribution in [0.5, 0.6) is 17.2 Å². The van der Waals surface area contributed by atoms with Gasteiger partial charge in [0, 0.05) is 45.6 Å². The number of piperazine rings is 1. The van der Waals surface area contributed by atoms with Gasteiger partial charge in [0.15, 0.2) is 11.5 Å². The van der Waals surface area contributed by atoms with Gasteiger partial charge in [0.05, 0.1) is 31.3 Å². The Morgan fingerprint density at radius 2 is 1.71 bits per heavy atom. The first kappa shape index (κ1) is 20.5. The number of halogens is 1. The van der Waals surface area contributed by atoms with Gasteiger partial charge in [-0.05, 0) is 34.9 Å². The molecule has 1 amide bonds. The summed E-state index contributed by atoms with van der Waals surface area (Å²) in [5.41, 5.74) is 3.48. The van der Waals surface area contributed by atoms with Crippen LogP contribution in [0.2, 0.25) is 5.02 Å². The van der Waals surface area contributed by atoms with Crippen molar-refractivity contribution in [3.05, 3.63) is 52.0 Å². The second kappa shape index (κ2) is 8.97. The Bertz CT molecular complexity index is 972. The van der Waals surface area contributed by atoms with E-state index in [9.17, 15) is 4.79 Å². The summed E-state index contributed by atoms with van der Waals surface area (Å²) in [5, 5.41) is 0.506. The number of amides is 1. The zero-order chi connectivity index (χ0) is 21.2. The first-order valence-corrected chi connectivity index (χ1v) is 11.4. The van der Waals surface area contributed by atoms with E-state index in [4.69, 9.17) is 25.8 Å². The highest BCUT2D eigenvalue weighted by Crippen LogP contribution is 2.38. The van der Waals surface area contributed by atoms with Gasteiger partial charge in [-0.1, -0.05) is 23.7 Å². The SMILES string of the molecule is O=C(Cc1cc(Cl)c2c(c1)OCCCO2)N1CCN(Cc2ccc3c(c2)CCO3)CC1. The quantitative estimate of drug-likeness (QED) is 0.727. The Kier molecular flexibility index (Phi) is 5.92. The van der Waals surface area contributed by atoms with Gasteiger partial charge in [-0.3, -0.25) is 9.69 Å². The number of fused-ring (bicyclic) bond motifs is 2. The second-order valence-corrected chi connectivity index (χ2v) is 8.74. The van der Waals surface area contributed by atoms with Crippen LogP contribution in [0.3, 0.4) is 0 Å². The fourth-order valence-corrected chi connectivity index (χ4v) is 4.71. The summed E-state index contributed by atoms with van der Waals surface area (Å²) in [6.45, 7) is 6.12. The number of hydrogen-bond acceptors (Lipinski definition) is 5. The average Bonchev–Trinajstić information content (AvgIpc) is 3.10. The maximum Gasteiger partial charge on any atom is 0.227 e. The smallest absolute Gasteiger partial charge is 0.227 e. The number of rotatable bonds is 4. The zero-order valence-corrected chi connectivity index (χ0v) is 18.3. The summed E-state index contributed by atoms with van der Waals surface area (Å²) in [7, 11) is 0. The largest absolute Gasteiger partial charge is 0.493 e. The molecule has 5 rings (SSSR count). The highest BCUT2D eigenvalue weighted by atomic mass is 35.5. The molecule has 31 heavy (non-hydrogen) atoms. The van der Waals surface area contributed by atoms with Gasteiger partial charge in [0.2, 0.25) is 5.91 Å². The number of nitrogens with zero attached hydrogens (tertiary/aromatic N) is 2. The number of benzene rings is 2. The van der Waals surface area contributed by atoms with Crippen molar-refractivity contribution >= 4 is 17.5 Å². The molecule has 1 saturated heterocycles. The van der Waals surface area contributed by atoms with Gasteiger partial charge in [0.25, 0.3) is 0 Å². The van der Waals surface area contributed by atoms with E-state index in [-0.39, 0.29) is 5.91 Å². The molecule has 0 N–H and O–H groups in total. The summed E-state index contributed by atoms with van der Waals surface area (Å²) >= 11 is 6.38. The Labute approximate surface area is 187 Å². The first-order valence-electron chi connectivity index (χ1n) is 11.0. The lowest BCUT2D eigenvalue weighted by Gasteiger charge is -2.35. The van der Waals surface area contributed by atoms with Crippen LogP contribution in [0, 0.1) is 0 Å². The Hall–Kier alpha value is -2.44. The van der Waals surface area contributed by atoms with Crippen molar-refractivity contribution in [1.82, 2.24) is 9.80 Å². The molecule has 0 bridgehead atoms. The van der Waals surface area contributed by atoms with Crippen LogP contribution < -0.4 is 14.2 Å². The number of ether oxygens (including phenoxy) is 3. The van der Waals surface area contributed by atoms with Crippen LogP contribution in [-0.2, 0) is 24.2 Å². The lowest BCUT2D eigenvalue weighted by Crippen LogP contribution is -2.48. The molecule has 6 nitrogen and oxygen atoms in total. The fraction of sp³-hybridized carbons (Fsp3) is 0.458. The summed E-state index contributed by atoms with van der Waals surface area (Å²) < 4.78 is 17.0. The third kappa shape index (κ3) is 4.60. The van der Waals surface area contributed by atoms with Gasteiger partial charge in [-0.2, -0.15) is 0 Å². The predicted octanol–water partition coefficient (Wildman–Crippen LogP) is 3.32. The molecule has 2 aromatic carbocycles. The molecule has 0 unspecified atom stereocenters. The third-order valence-corrected chi connectivity index (χ3v) is 6.38. The van der Waals surface area contributed by atoms with E-state index >= 15 is 0 Å². The van der Waals surface area contributed by atoms with E-state index in [0.29, 0.717) is 36.2 Å². The Morgan fingerprint density at radius 1 is 0.903 bits per heavy atom. The number of hydrogen-bond donors (Lipinski definition) is 0. The van der Waals surface area contributed by atoms with Crippen molar-refractivity contribution in [2.75, 3.05) is 46.0 Å². The normalized spacial score (nSPS) is 18.3. The Morgan fingerprint density at radius 3 is 2.58 bits per heavy atom. The standard InChI is InChI=1S/C24H27ClN2O4/c25-20-13-18(14-22-24(20)31-10-1-9-29-22)15-23(28)27-7-5-26(6-8-27)16-17-2-3-21-19(12-17)4-11-30-21/h2-3,12-14H,1,4-11,15-16H2. The van der Waals surface area contributed by atoms with Crippen molar-refractivity contribution < 1.29 is 19.0 Å². The number of carbonyl (C=O) groups is 1. The monoisotopic (exact) mass is 442 g/mol. The highest BCUT2D eigenvalue weighted by molar-refractivity contribution is 6.32. The van der Waals surface area contributed by atoms with Crippen LogP contribution >= 0.6 is 11.6 Å². The molecular weight excluding hydrogens is 416 g/mol. The minimum Gasteiger partial charge on any atom is -0.493 e. The van der Waals surface area contributed by atoms with Crippen LogP contribution in [0.4, 0.5) is 0 Å². The molecule has 0 spiro atoms. The molecule has 0 aromatic heterocycles. The van der Waals surface area contributed by atoms with E-state index in [0.717, 1.165) is 63.5 Å². The highest BCUT2D eigenvalue weighted by Gasteiger charge is 2.23. The van der Waals surface area contributed by atoms with E-state index < -0.39 is 0 Å². The molecular formula is C24H27ClN2O4. The number of carbonyl (C=O) groups excluding carboxylic acids is 1. The summed E-state index contributed by atoms with van der Waals surface area (Å²) in [4.78, 5) is 17.2. The molecule has 7 heteroatoms. The minimum atomic E-state index is 0.125. The molecule has 164 valence electrons. The first-order chi connectivity index (χ1) is 15.2. The molecule has 3 heterocycles. The van der Waals surface area contributed by atoms with Gasteiger partial charge < -0.3 is 19.1 Å². The van der Waals surface area contributed by atoms with Crippen LogP contribution in [0.25, 0.3) is 0 Å². The van der Waals surface area contributed by atoms with Gasteiger partial charge in [-0.25, -0.2) is 0 Å². The Balaban J connectivity index is 1.16. The van der Waals surface area contributed by atoms with E-state index in [2.05, 4.69) is 23.1 Å². The van der Waals surface area contributed by atoms with Crippen molar-refractivity contribution in [1.29, 1.82) is 0 Å². The molecule has 3 aliphatic rings. The van der Waals surface area contributed by atoms with E-state index in [1.165, 1.54) is 11.1 Å². The molecule has 2 aromatic rings. The summed E-state index contributed by atoms with van der Waals surface area (Å²) in [5.74, 6) is 2.37. The van der Waals surface area contributed by atoms with Crippen LogP contribution in [-0.4, -0.2) is 61.7 Å². The van der Waals surface area contributed by atoms with Crippen molar-refractivity contribution in [2.24, 2.45) is 0 Å². The molecule has 0 saturated carbocycles. The molecule has 1 fully saturated rings. The van der Waals surface area contributed by atoms with Crippen LogP contribution in [0.15, 0.2) is 30.3 Å².